The zero-order valence-corrected chi connectivity index (χ0v) is 18.1. The van der Waals surface area contributed by atoms with E-state index in [-0.39, 0.29) is 5.91 Å². The molecule has 0 fully saturated rings. The highest BCUT2D eigenvalue weighted by atomic mass is 32.1. The number of thiophene rings is 1. The fraction of sp³-hybridized carbons (Fsp3) is 0.391. The fourth-order valence-corrected chi connectivity index (χ4v) is 4.73. The van der Waals surface area contributed by atoms with E-state index in [0.717, 1.165) is 40.4 Å². The van der Waals surface area contributed by atoms with E-state index in [1.54, 1.807) is 4.90 Å². The molecule has 152 valence electrons. The molecule has 0 spiro atoms. The predicted molar refractivity (Wildman–Crippen MR) is 116 cm³/mol. The molecule has 1 aromatic carbocycles. The molecule has 1 aliphatic carbocycles. The second-order valence-corrected chi connectivity index (χ2v) is 8.54. The van der Waals surface area contributed by atoms with Gasteiger partial charge in [0.05, 0.1) is 11.1 Å². The summed E-state index contributed by atoms with van der Waals surface area (Å²) in [6, 6.07) is 8.33. The summed E-state index contributed by atoms with van der Waals surface area (Å²) in [6.07, 6.45) is 5.42. The first kappa shape index (κ1) is 19.7. The molecular formula is C23H27N3O2S. The lowest BCUT2D eigenvalue weighted by atomic mass is 10.1. The molecule has 5 nitrogen and oxygen atoms in total. The smallest absolute Gasteiger partial charge is 0.263 e. The first-order chi connectivity index (χ1) is 14.0. The van der Waals surface area contributed by atoms with Crippen LogP contribution in [-0.4, -0.2) is 27.6 Å². The number of fused-ring (bicyclic) bond motifs is 1. The quantitative estimate of drug-likeness (QED) is 0.572. The Bertz CT molecular complexity index is 1020. The third-order valence-corrected chi connectivity index (χ3v) is 6.57. The van der Waals surface area contributed by atoms with Crippen molar-refractivity contribution in [3.05, 3.63) is 68.7 Å². The highest BCUT2D eigenvalue weighted by Crippen LogP contribution is 2.27. The number of benzene rings is 1. The fourth-order valence-electron chi connectivity index (χ4n) is 3.84. The van der Waals surface area contributed by atoms with Crippen molar-refractivity contribution >= 4 is 17.2 Å². The van der Waals surface area contributed by atoms with Crippen LogP contribution in [-0.2, 0) is 32.5 Å². The van der Waals surface area contributed by atoms with Crippen molar-refractivity contribution in [1.82, 2.24) is 14.7 Å². The zero-order chi connectivity index (χ0) is 20.4. The molecule has 0 bridgehead atoms. The van der Waals surface area contributed by atoms with Crippen molar-refractivity contribution in [1.29, 1.82) is 0 Å². The number of hydrogen-bond donors (Lipinski definition) is 0. The Morgan fingerprint density at radius 3 is 2.90 bits per heavy atom. The summed E-state index contributed by atoms with van der Waals surface area (Å²) in [7, 11) is 1.84. The lowest BCUT2D eigenvalue weighted by Gasteiger charge is -2.16. The van der Waals surface area contributed by atoms with Gasteiger partial charge in [-0.25, -0.2) is 0 Å². The Kier molecular flexibility index (Phi) is 5.72. The van der Waals surface area contributed by atoms with Crippen molar-refractivity contribution in [3.63, 3.8) is 0 Å². The molecule has 1 aliphatic rings. The van der Waals surface area contributed by atoms with Crippen LogP contribution in [0.25, 0.3) is 0 Å². The van der Waals surface area contributed by atoms with Crippen LogP contribution in [0.5, 0.6) is 5.75 Å². The monoisotopic (exact) mass is 409 g/mol. The minimum Gasteiger partial charge on any atom is -0.489 e. The van der Waals surface area contributed by atoms with Gasteiger partial charge in [-0.2, -0.15) is 5.10 Å². The molecule has 0 unspecified atom stereocenters. The Hall–Kier alpha value is -2.60. The van der Waals surface area contributed by atoms with Crippen LogP contribution >= 0.6 is 11.3 Å². The maximum Gasteiger partial charge on any atom is 0.263 e. The number of aryl methyl sites for hydroxylation is 3. The lowest BCUT2D eigenvalue weighted by Crippen LogP contribution is -2.25. The number of aromatic nitrogens is 2. The molecule has 4 rings (SSSR count). The zero-order valence-electron chi connectivity index (χ0n) is 17.3. The number of nitrogens with zero attached hydrogens (tertiary/aromatic N) is 3. The van der Waals surface area contributed by atoms with E-state index in [1.165, 1.54) is 35.3 Å². The van der Waals surface area contributed by atoms with E-state index < -0.39 is 0 Å². The van der Waals surface area contributed by atoms with Gasteiger partial charge in [0.1, 0.15) is 12.4 Å². The summed E-state index contributed by atoms with van der Waals surface area (Å²) >= 11 is 1.47. The lowest BCUT2D eigenvalue weighted by molar-refractivity contribution is 0.0789. The van der Waals surface area contributed by atoms with Crippen LogP contribution in [0.4, 0.5) is 0 Å². The largest absolute Gasteiger partial charge is 0.489 e. The number of carbonyl (C=O) groups is 1. The van der Waals surface area contributed by atoms with Gasteiger partial charge in [-0.15, -0.1) is 11.3 Å². The first-order valence-electron chi connectivity index (χ1n) is 10.1. The molecule has 0 saturated carbocycles. The highest BCUT2D eigenvalue weighted by Gasteiger charge is 2.17. The normalized spacial score (nSPS) is 12.8. The topological polar surface area (TPSA) is 47.4 Å². The minimum atomic E-state index is 0.0300. The highest BCUT2D eigenvalue weighted by molar-refractivity contribution is 7.12. The molecule has 0 aliphatic heterocycles. The number of hydrogen-bond acceptors (Lipinski definition) is 4. The molecule has 0 saturated heterocycles. The predicted octanol–water partition coefficient (Wildman–Crippen LogP) is 4.61. The van der Waals surface area contributed by atoms with Gasteiger partial charge in [0, 0.05) is 37.0 Å². The number of ether oxygens (including phenoxy) is 1. The average molecular weight is 410 g/mol. The van der Waals surface area contributed by atoms with Crippen molar-refractivity contribution < 1.29 is 9.53 Å². The molecule has 3 aromatic rings. The van der Waals surface area contributed by atoms with Gasteiger partial charge < -0.3 is 9.64 Å². The maximum atomic E-state index is 12.8. The first-order valence-corrected chi connectivity index (χ1v) is 11.0. The van der Waals surface area contributed by atoms with Crippen molar-refractivity contribution in [2.75, 3.05) is 7.05 Å². The Balaban J connectivity index is 1.36. The summed E-state index contributed by atoms with van der Waals surface area (Å²) < 4.78 is 7.92. The summed E-state index contributed by atoms with van der Waals surface area (Å²) in [4.78, 5) is 15.3. The number of amides is 1. The third kappa shape index (κ3) is 4.22. The summed E-state index contributed by atoms with van der Waals surface area (Å²) in [6.45, 7) is 5.99. The van der Waals surface area contributed by atoms with Crippen molar-refractivity contribution in [3.8, 4) is 5.75 Å². The van der Waals surface area contributed by atoms with Gasteiger partial charge in [-0.1, -0.05) is 6.07 Å². The standard InChI is InChI=1S/C23H27N3O2S/c1-4-26-16(2)20(12-24-26)13-25(3)23(27)22-10-17(15-29-22)14-28-21-9-8-18-6-5-7-19(18)11-21/h8-12,15H,4-7,13-14H2,1-3H3. The molecule has 0 atom stereocenters. The molecule has 2 aromatic heterocycles. The molecule has 2 heterocycles. The van der Waals surface area contributed by atoms with E-state index in [1.807, 2.05) is 36.3 Å². The number of rotatable bonds is 7. The second-order valence-electron chi connectivity index (χ2n) is 7.62. The van der Waals surface area contributed by atoms with Crippen molar-refractivity contribution in [2.45, 2.75) is 52.8 Å². The molecule has 0 radical (unpaired) electrons. The van der Waals surface area contributed by atoms with E-state index >= 15 is 0 Å². The number of carbonyl (C=O) groups excluding carboxylic acids is 1. The van der Waals surface area contributed by atoms with Gasteiger partial charge in [-0.3, -0.25) is 9.48 Å². The average Bonchev–Trinajstić information content (AvgIpc) is 3.46. The Labute approximate surface area is 175 Å². The van der Waals surface area contributed by atoms with Gasteiger partial charge in [-0.05, 0) is 67.8 Å². The molecule has 1 amide bonds. The molecule has 6 heteroatoms. The SMILES string of the molecule is CCn1ncc(CN(C)C(=O)c2cc(COc3ccc4c(c3)CCC4)cs2)c1C. The summed E-state index contributed by atoms with van der Waals surface area (Å²) in [5.74, 6) is 0.938. The van der Waals surface area contributed by atoms with Crippen LogP contribution in [0.15, 0.2) is 35.8 Å². The second kappa shape index (κ2) is 8.41. The Morgan fingerprint density at radius 1 is 1.28 bits per heavy atom. The van der Waals surface area contributed by atoms with E-state index in [4.69, 9.17) is 4.74 Å². The summed E-state index contributed by atoms with van der Waals surface area (Å²) in [5.41, 5.74) is 6.08. The van der Waals surface area contributed by atoms with Crippen molar-refractivity contribution in [2.24, 2.45) is 0 Å². The molecular weight excluding hydrogens is 382 g/mol. The Morgan fingerprint density at radius 2 is 2.10 bits per heavy atom. The van der Waals surface area contributed by atoms with Gasteiger partial charge in [0.25, 0.3) is 5.91 Å². The van der Waals surface area contributed by atoms with E-state index in [0.29, 0.717) is 13.2 Å². The molecule has 0 N–H and O–H groups in total. The minimum absolute atomic E-state index is 0.0300. The van der Waals surface area contributed by atoms with Crippen LogP contribution in [0.3, 0.4) is 0 Å². The van der Waals surface area contributed by atoms with Crippen LogP contribution in [0, 0.1) is 6.92 Å². The van der Waals surface area contributed by atoms with E-state index in [2.05, 4.69) is 30.2 Å². The summed E-state index contributed by atoms with van der Waals surface area (Å²) in [5, 5.41) is 6.37. The van der Waals surface area contributed by atoms with Gasteiger partial charge >= 0.3 is 0 Å². The van der Waals surface area contributed by atoms with Gasteiger partial charge in [0.15, 0.2) is 0 Å². The van der Waals surface area contributed by atoms with E-state index in [9.17, 15) is 4.79 Å². The third-order valence-electron chi connectivity index (χ3n) is 5.60. The van der Waals surface area contributed by atoms with Crippen LogP contribution in [0.1, 0.15) is 51.0 Å². The maximum absolute atomic E-state index is 12.8. The molecule has 29 heavy (non-hydrogen) atoms. The van der Waals surface area contributed by atoms with Crippen LogP contribution < -0.4 is 4.74 Å². The van der Waals surface area contributed by atoms with Gasteiger partial charge in [0.2, 0.25) is 0 Å². The van der Waals surface area contributed by atoms with Crippen LogP contribution in [0.2, 0.25) is 0 Å².